The number of fused-ring (bicyclic) bond motifs is 3. The van der Waals surface area contributed by atoms with Gasteiger partial charge in [-0.2, -0.15) is 0 Å². The summed E-state index contributed by atoms with van der Waals surface area (Å²) in [7, 11) is 0. The second-order valence-corrected chi connectivity index (χ2v) is 8.60. The predicted molar refractivity (Wildman–Crippen MR) is 95.1 cm³/mol. The summed E-state index contributed by atoms with van der Waals surface area (Å²) < 4.78 is 1.20. The highest BCUT2D eigenvalue weighted by Crippen LogP contribution is 2.52. The minimum absolute atomic E-state index is 0.0716. The van der Waals surface area contributed by atoms with Crippen molar-refractivity contribution in [2.24, 2.45) is 0 Å². The molecule has 0 atom stereocenters. The lowest BCUT2D eigenvalue weighted by Gasteiger charge is -2.27. The molecule has 0 aliphatic heterocycles. The van der Waals surface area contributed by atoms with Crippen molar-refractivity contribution in [3.05, 3.63) is 57.1 Å². The van der Waals surface area contributed by atoms with Crippen molar-refractivity contribution in [1.29, 1.82) is 0 Å². The Morgan fingerprint density at radius 3 is 2.29 bits per heavy atom. The molecule has 1 aliphatic carbocycles. The summed E-state index contributed by atoms with van der Waals surface area (Å²) >= 11 is 3.75. The monoisotopic (exact) mass is 342 g/mol. The SMILES string of the molecule is Cc1cc2c(cc1C(C)(C)C)C(C)(C)c1cccc(Br)c1-2. The molecular weight excluding hydrogens is 320 g/mol. The molecule has 1 aliphatic rings. The van der Waals surface area contributed by atoms with Crippen LogP contribution in [-0.4, -0.2) is 0 Å². The Bertz CT molecular complexity index is 730. The normalized spacial score (nSPS) is 15.8. The molecule has 0 spiro atoms. The van der Waals surface area contributed by atoms with Gasteiger partial charge in [-0.3, -0.25) is 0 Å². The molecule has 1 heteroatoms. The van der Waals surface area contributed by atoms with Gasteiger partial charge in [0.25, 0.3) is 0 Å². The Morgan fingerprint density at radius 2 is 1.67 bits per heavy atom. The zero-order valence-electron chi connectivity index (χ0n) is 13.8. The highest BCUT2D eigenvalue weighted by Gasteiger charge is 2.37. The lowest BCUT2D eigenvalue weighted by Crippen LogP contribution is -2.18. The molecule has 2 aromatic rings. The third kappa shape index (κ3) is 2.09. The van der Waals surface area contributed by atoms with Crippen molar-refractivity contribution in [2.45, 2.75) is 52.4 Å². The molecule has 0 radical (unpaired) electrons. The van der Waals surface area contributed by atoms with E-state index in [-0.39, 0.29) is 10.8 Å². The molecule has 0 saturated heterocycles. The fourth-order valence-electron chi connectivity index (χ4n) is 3.70. The maximum absolute atomic E-state index is 3.75. The molecule has 2 aromatic carbocycles. The molecule has 0 nitrogen and oxygen atoms in total. The molecule has 0 N–H and O–H groups in total. The summed E-state index contributed by atoms with van der Waals surface area (Å²) in [6.07, 6.45) is 0. The average molecular weight is 343 g/mol. The first kappa shape index (κ1) is 14.8. The van der Waals surface area contributed by atoms with Gasteiger partial charge in [-0.05, 0) is 46.2 Å². The van der Waals surface area contributed by atoms with Crippen molar-refractivity contribution in [3.8, 4) is 11.1 Å². The van der Waals surface area contributed by atoms with E-state index in [1.165, 1.54) is 37.9 Å². The van der Waals surface area contributed by atoms with Crippen LogP contribution in [-0.2, 0) is 10.8 Å². The zero-order valence-corrected chi connectivity index (χ0v) is 15.4. The van der Waals surface area contributed by atoms with Gasteiger partial charge in [-0.1, -0.05) is 74.8 Å². The van der Waals surface area contributed by atoms with Gasteiger partial charge in [0.1, 0.15) is 0 Å². The van der Waals surface area contributed by atoms with Crippen LogP contribution in [0.3, 0.4) is 0 Å². The summed E-state index contributed by atoms with van der Waals surface area (Å²) in [6.45, 7) is 13.8. The van der Waals surface area contributed by atoms with E-state index in [4.69, 9.17) is 0 Å². The predicted octanol–water partition coefficient (Wildman–Crippen LogP) is 6.36. The Hall–Kier alpha value is -1.08. The second-order valence-electron chi connectivity index (χ2n) is 7.75. The van der Waals surface area contributed by atoms with Crippen LogP contribution in [0.4, 0.5) is 0 Å². The number of rotatable bonds is 0. The highest BCUT2D eigenvalue weighted by atomic mass is 79.9. The minimum Gasteiger partial charge on any atom is -0.0608 e. The molecule has 110 valence electrons. The molecule has 0 heterocycles. The number of halogens is 1. The minimum atomic E-state index is 0.0716. The fourth-order valence-corrected chi connectivity index (χ4v) is 4.28. The summed E-state index contributed by atoms with van der Waals surface area (Å²) in [5, 5.41) is 0. The maximum Gasteiger partial charge on any atom is 0.0256 e. The molecule has 0 bridgehead atoms. The van der Waals surface area contributed by atoms with E-state index in [2.05, 4.69) is 87.8 Å². The summed E-state index contributed by atoms with van der Waals surface area (Å²) in [5.41, 5.74) is 8.76. The van der Waals surface area contributed by atoms with Gasteiger partial charge in [-0.15, -0.1) is 0 Å². The second kappa shape index (κ2) is 4.46. The van der Waals surface area contributed by atoms with Crippen molar-refractivity contribution < 1.29 is 0 Å². The zero-order chi connectivity index (χ0) is 15.6. The molecule has 3 rings (SSSR count). The topological polar surface area (TPSA) is 0 Å². The van der Waals surface area contributed by atoms with Crippen LogP contribution in [0.2, 0.25) is 0 Å². The number of benzene rings is 2. The van der Waals surface area contributed by atoms with Gasteiger partial charge in [0.05, 0.1) is 0 Å². The standard InChI is InChI=1S/C20H23Br/c1-12-10-13-16(11-15(12)19(2,3)4)20(5,6)14-8-7-9-17(21)18(13)14/h7-11H,1-6H3. The van der Waals surface area contributed by atoms with Crippen molar-refractivity contribution >= 4 is 15.9 Å². The van der Waals surface area contributed by atoms with E-state index in [0.717, 1.165) is 0 Å². The van der Waals surface area contributed by atoms with Crippen LogP contribution in [0.5, 0.6) is 0 Å². The van der Waals surface area contributed by atoms with E-state index in [1.807, 2.05) is 0 Å². The molecule has 0 unspecified atom stereocenters. The van der Waals surface area contributed by atoms with Gasteiger partial charge in [0.2, 0.25) is 0 Å². The first-order chi connectivity index (χ1) is 9.64. The Morgan fingerprint density at radius 1 is 1.00 bits per heavy atom. The largest absolute Gasteiger partial charge is 0.0608 e. The molecule has 0 saturated carbocycles. The van der Waals surface area contributed by atoms with Crippen LogP contribution in [0.25, 0.3) is 11.1 Å². The molecule has 0 amide bonds. The van der Waals surface area contributed by atoms with Gasteiger partial charge in [0, 0.05) is 15.5 Å². The number of hydrogen-bond acceptors (Lipinski definition) is 0. The third-order valence-electron chi connectivity index (χ3n) is 4.80. The number of aryl methyl sites for hydroxylation is 1. The van der Waals surface area contributed by atoms with E-state index < -0.39 is 0 Å². The quantitative estimate of drug-likeness (QED) is 0.522. The Labute approximate surface area is 136 Å². The maximum atomic E-state index is 3.75. The van der Waals surface area contributed by atoms with Gasteiger partial charge in [-0.25, -0.2) is 0 Å². The van der Waals surface area contributed by atoms with Gasteiger partial charge >= 0.3 is 0 Å². The van der Waals surface area contributed by atoms with E-state index in [9.17, 15) is 0 Å². The first-order valence-corrected chi connectivity index (χ1v) is 8.38. The highest BCUT2D eigenvalue weighted by molar-refractivity contribution is 9.10. The van der Waals surface area contributed by atoms with Crippen molar-refractivity contribution in [1.82, 2.24) is 0 Å². The average Bonchev–Trinajstić information content (AvgIpc) is 2.57. The van der Waals surface area contributed by atoms with Crippen molar-refractivity contribution in [3.63, 3.8) is 0 Å². The summed E-state index contributed by atoms with van der Waals surface area (Å²) in [6, 6.07) is 11.4. The molecular formula is C20H23Br. The van der Waals surface area contributed by atoms with E-state index in [1.54, 1.807) is 0 Å². The Kier molecular flexibility index (Phi) is 3.15. The summed E-state index contributed by atoms with van der Waals surface area (Å²) in [4.78, 5) is 0. The van der Waals surface area contributed by atoms with Gasteiger partial charge in [0.15, 0.2) is 0 Å². The van der Waals surface area contributed by atoms with Crippen LogP contribution in [0.15, 0.2) is 34.8 Å². The van der Waals surface area contributed by atoms with Crippen molar-refractivity contribution in [2.75, 3.05) is 0 Å². The fraction of sp³-hybridized carbons (Fsp3) is 0.400. The summed E-state index contributed by atoms with van der Waals surface area (Å²) in [5.74, 6) is 0. The van der Waals surface area contributed by atoms with E-state index in [0.29, 0.717) is 0 Å². The molecule has 21 heavy (non-hydrogen) atoms. The van der Waals surface area contributed by atoms with Crippen LogP contribution in [0, 0.1) is 6.92 Å². The lowest BCUT2D eigenvalue weighted by atomic mass is 9.77. The van der Waals surface area contributed by atoms with Gasteiger partial charge < -0.3 is 0 Å². The molecule has 0 aromatic heterocycles. The molecule has 0 fully saturated rings. The Balaban J connectivity index is 2.37. The van der Waals surface area contributed by atoms with E-state index >= 15 is 0 Å². The van der Waals surface area contributed by atoms with Crippen LogP contribution < -0.4 is 0 Å². The third-order valence-corrected chi connectivity index (χ3v) is 5.46. The lowest BCUT2D eigenvalue weighted by molar-refractivity contribution is 0.580. The smallest absolute Gasteiger partial charge is 0.0256 e. The first-order valence-electron chi connectivity index (χ1n) is 7.59. The van der Waals surface area contributed by atoms with Crippen LogP contribution >= 0.6 is 15.9 Å². The van der Waals surface area contributed by atoms with Crippen LogP contribution in [0.1, 0.15) is 56.9 Å². The number of hydrogen-bond donors (Lipinski definition) is 0.